The molecule has 1 saturated heterocycles. The maximum Gasteiger partial charge on any atom is 0.331 e. The molecule has 100 valence electrons. The molecule has 0 aromatic rings. The number of Topliss-reactive ketones (excluding diaryl/α,β-unsaturated/α-hetero) is 1. The fourth-order valence-corrected chi connectivity index (χ4v) is 5.10. The molecule has 1 heterocycles. The van der Waals surface area contributed by atoms with Gasteiger partial charge in [0.25, 0.3) is 0 Å². The SMILES string of the molecule is C=C1C(=O)[C@H]2O[C@]23C[C@H]2CC(C)=C(C(=O)O)[C@H]2[C@]13C. The van der Waals surface area contributed by atoms with Crippen LogP contribution in [0.2, 0.25) is 0 Å². The van der Waals surface area contributed by atoms with Gasteiger partial charge in [-0.05, 0) is 25.7 Å². The number of rotatable bonds is 1. The monoisotopic (exact) mass is 260 g/mol. The van der Waals surface area contributed by atoms with Crippen molar-refractivity contribution in [1.82, 2.24) is 0 Å². The third-order valence-electron chi connectivity index (χ3n) is 5.96. The average molecular weight is 260 g/mol. The lowest BCUT2D eigenvalue weighted by atomic mass is 9.69. The van der Waals surface area contributed by atoms with E-state index in [4.69, 9.17) is 4.74 Å². The van der Waals surface area contributed by atoms with Crippen molar-refractivity contribution < 1.29 is 19.4 Å². The van der Waals surface area contributed by atoms with Gasteiger partial charge < -0.3 is 9.84 Å². The van der Waals surface area contributed by atoms with E-state index < -0.39 is 17.0 Å². The zero-order valence-corrected chi connectivity index (χ0v) is 11.0. The summed E-state index contributed by atoms with van der Waals surface area (Å²) < 4.78 is 5.72. The number of hydrogen-bond acceptors (Lipinski definition) is 3. The largest absolute Gasteiger partial charge is 0.478 e. The van der Waals surface area contributed by atoms with Crippen LogP contribution in [-0.4, -0.2) is 28.6 Å². The zero-order valence-electron chi connectivity index (χ0n) is 11.0. The first-order valence-corrected chi connectivity index (χ1v) is 6.69. The second-order valence-electron chi connectivity index (χ2n) is 6.58. The predicted octanol–water partition coefficient (Wildman–Crippen LogP) is 1.71. The number of carbonyl (C=O) groups is 2. The summed E-state index contributed by atoms with van der Waals surface area (Å²) in [5, 5.41) is 9.50. The number of carbonyl (C=O) groups excluding carboxylic acids is 1. The van der Waals surface area contributed by atoms with Gasteiger partial charge in [-0.15, -0.1) is 0 Å². The molecular weight excluding hydrogens is 244 g/mol. The number of hydrogen-bond donors (Lipinski definition) is 1. The lowest BCUT2D eigenvalue weighted by molar-refractivity contribution is -0.133. The first kappa shape index (κ1) is 11.4. The molecule has 0 radical (unpaired) electrons. The second-order valence-corrected chi connectivity index (χ2v) is 6.58. The summed E-state index contributed by atoms with van der Waals surface area (Å²) in [7, 11) is 0. The van der Waals surface area contributed by atoms with Crippen molar-refractivity contribution in [3.8, 4) is 0 Å². The molecule has 2 saturated carbocycles. The van der Waals surface area contributed by atoms with E-state index >= 15 is 0 Å². The Labute approximate surface area is 111 Å². The Balaban J connectivity index is 1.90. The Morgan fingerprint density at radius 1 is 1.53 bits per heavy atom. The predicted molar refractivity (Wildman–Crippen MR) is 66.4 cm³/mol. The first-order valence-electron chi connectivity index (χ1n) is 6.69. The van der Waals surface area contributed by atoms with Gasteiger partial charge in [0.15, 0.2) is 11.9 Å². The van der Waals surface area contributed by atoms with Crippen LogP contribution in [0.3, 0.4) is 0 Å². The molecule has 4 heteroatoms. The average Bonchev–Trinajstić information content (AvgIpc) is 2.84. The Morgan fingerprint density at radius 2 is 2.21 bits per heavy atom. The minimum Gasteiger partial charge on any atom is -0.478 e. The highest BCUT2D eigenvalue weighted by Gasteiger charge is 2.83. The number of ether oxygens (including phenoxy) is 1. The van der Waals surface area contributed by atoms with Crippen molar-refractivity contribution in [3.63, 3.8) is 0 Å². The minimum atomic E-state index is -0.854. The van der Waals surface area contributed by atoms with Gasteiger partial charge in [-0.1, -0.05) is 19.1 Å². The Kier molecular flexibility index (Phi) is 1.71. The molecule has 0 aromatic heterocycles. The maximum absolute atomic E-state index is 12.1. The number of fused-ring (bicyclic) bond motifs is 2. The topological polar surface area (TPSA) is 66.9 Å². The molecule has 0 unspecified atom stereocenters. The van der Waals surface area contributed by atoms with Crippen LogP contribution < -0.4 is 0 Å². The Hall–Kier alpha value is -1.42. The second kappa shape index (κ2) is 2.85. The molecule has 1 spiro atoms. The normalized spacial score (nSPS) is 50.3. The third kappa shape index (κ3) is 0.929. The highest BCUT2D eigenvalue weighted by atomic mass is 16.6. The van der Waals surface area contributed by atoms with E-state index in [1.165, 1.54) is 0 Å². The summed E-state index contributed by atoms with van der Waals surface area (Å²) in [4.78, 5) is 23.7. The van der Waals surface area contributed by atoms with Crippen LogP contribution in [-0.2, 0) is 14.3 Å². The number of ketones is 1. The van der Waals surface area contributed by atoms with Crippen molar-refractivity contribution in [2.24, 2.45) is 17.3 Å². The number of aliphatic carboxylic acids is 1. The highest BCUT2D eigenvalue weighted by molar-refractivity contribution is 6.07. The van der Waals surface area contributed by atoms with Gasteiger partial charge in [-0.3, -0.25) is 4.79 Å². The molecular formula is C15H16O4. The molecule has 0 bridgehead atoms. The summed E-state index contributed by atoms with van der Waals surface area (Å²) in [6, 6.07) is 0. The summed E-state index contributed by atoms with van der Waals surface area (Å²) in [5.74, 6) is -0.706. The summed E-state index contributed by atoms with van der Waals surface area (Å²) in [6.07, 6.45) is 1.24. The Morgan fingerprint density at radius 3 is 2.84 bits per heavy atom. The molecule has 5 atom stereocenters. The van der Waals surface area contributed by atoms with Crippen LogP contribution in [0.4, 0.5) is 0 Å². The molecule has 4 nitrogen and oxygen atoms in total. The molecule has 4 aliphatic rings. The van der Waals surface area contributed by atoms with E-state index in [1.807, 2.05) is 13.8 Å². The molecule has 3 aliphatic carbocycles. The highest BCUT2D eigenvalue weighted by Crippen LogP contribution is 2.75. The standard InChI is InChI=1S/C15H16O4/c1-6-4-8-5-15-12(19-15)11(16)7(2)14(15,3)10(8)9(6)13(17)18/h8,10,12H,2,4-5H2,1,3H3,(H,17,18)/t8-,10+,12-,14+,15-/m1/s1. The van der Waals surface area contributed by atoms with Crippen LogP contribution in [0.1, 0.15) is 26.7 Å². The fourth-order valence-electron chi connectivity index (χ4n) is 5.10. The van der Waals surface area contributed by atoms with Crippen LogP contribution >= 0.6 is 0 Å². The lowest BCUT2D eigenvalue weighted by Gasteiger charge is -2.33. The van der Waals surface area contributed by atoms with Gasteiger partial charge >= 0.3 is 5.97 Å². The molecule has 0 aromatic carbocycles. The van der Waals surface area contributed by atoms with E-state index in [2.05, 4.69) is 6.58 Å². The fraction of sp³-hybridized carbons (Fsp3) is 0.600. The van der Waals surface area contributed by atoms with Crippen molar-refractivity contribution in [2.75, 3.05) is 0 Å². The zero-order chi connectivity index (χ0) is 13.7. The van der Waals surface area contributed by atoms with E-state index in [0.717, 1.165) is 18.4 Å². The maximum atomic E-state index is 12.1. The van der Waals surface area contributed by atoms with Gasteiger partial charge in [0.2, 0.25) is 0 Å². The smallest absolute Gasteiger partial charge is 0.331 e. The number of carboxylic acid groups (broad SMARTS) is 1. The van der Waals surface area contributed by atoms with Crippen molar-refractivity contribution >= 4 is 11.8 Å². The van der Waals surface area contributed by atoms with Crippen LogP contribution in [0.15, 0.2) is 23.3 Å². The molecule has 19 heavy (non-hydrogen) atoms. The summed E-state index contributed by atoms with van der Waals surface area (Å²) in [5.41, 5.74) is 1.05. The van der Waals surface area contributed by atoms with E-state index in [1.54, 1.807) is 0 Å². The van der Waals surface area contributed by atoms with E-state index in [-0.39, 0.29) is 23.7 Å². The molecule has 1 N–H and O–H groups in total. The van der Waals surface area contributed by atoms with Gasteiger partial charge in [-0.25, -0.2) is 4.79 Å². The van der Waals surface area contributed by atoms with E-state index in [0.29, 0.717) is 11.1 Å². The molecule has 3 fully saturated rings. The van der Waals surface area contributed by atoms with Crippen molar-refractivity contribution in [2.45, 2.75) is 38.4 Å². The van der Waals surface area contributed by atoms with Crippen LogP contribution in [0.25, 0.3) is 0 Å². The quantitative estimate of drug-likeness (QED) is 0.575. The van der Waals surface area contributed by atoms with Gasteiger partial charge in [-0.2, -0.15) is 0 Å². The first-order chi connectivity index (χ1) is 8.84. The minimum absolute atomic E-state index is 0.0183. The molecule has 1 aliphatic heterocycles. The molecule has 0 amide bonds. The van der Waals surface area contributed by atoms with Crippen LogP contribution in [0, 0.1) is 17.3 Å². The third-order valence-corrected chi connectivity index (χ3v) is 5.96. The number of epoxide rings is 1. The number of carboxylic acids is 1. The van der Waals surface area contributed by atoms with Gasteiger partial charge in [0.05, 0.1) is 0 Å². The summed E-state index contributed by atoms with van der Waals surface area (Å²) >= 11 is 0. The van der Waals surface area contributed by atoms with Gasteiger partial charge in [0, 0.05) is 22.5 Å². The van der Waals surface area contributed by atoms with Crippen molar-refractivity contribution in [1.29, 1.82) is 0 Å². The number of allylic oxidation sites excluding steroid dienone is 1. The van der Waals surface area contributed by atoms with Gasteiger partial charge in [0.1, 0.15) is 5.60 Å². The molecule has 4 rings (SSSR count). The summed E-state index contributed by atoms with van der Waals surface area (Å²) in [6.45, 7) is 7.83. The van der Waals surface area contributed by atoms with Crippen LogP contribution in [0.5, 0.6) is 0 Å². The van der Waals surface area contributed by atoms with E-state index in [9.17, 15) is 14.7 Å². The lowest BCUT2D eigenvalue weighted by Crippen LogP contribution is -2.36. The Bertz CT molecular complexity index is 601. The van der Waals surface area contributed by atoms with Crippen molar-refractivity contribution in [3.05, 3.63) is 23.3 Å².